The Labute approximate surface area is 145 Å². The number of aryl methyl sites for hydroxylation is 1. The Kier molecular flexibility index (Phi) is 4.60. The monoisotopic (exact) mass is 344 g/mol. The summed E-state index contributed by atoms with van der Waals surface area (Å²) in [7, 11) is 4.56. The second-order valence-corrected chi connectivity index (χ2v) is 5.80. The third-order valence-electron chi connectivity index (χ3n) is 4.14. The molecule has 0 saturated heterocycles. The molecule has 0 unspecified atom stereocenters. The van der Waals surface area contributed by atoms with E-state index in [9.17, 15) is 9.59 Å². The van der Waals surface area contributed by atoms with Crippen LogP contribution in [-0.4, -0.2) is 47.4 Å². The van der Waals surface area contributed by atoms with Gasteiger partial charge in [-0.2, -0.15) is 0 Å². The smallest absolute Gasteiger partial charge is 0.409 e. The molecule has 1 aromatic heterocycles. The number of rotatable bonds is 3. The van der Waals surface area contributed by atoms with Gasteiger partial charge in [0.25, 0.3) is 5.91 Å². The summed E-state index contributed by atoms with van der Waals surface area (Å²) < 4.78 is 11.4. The SMILES string of the molecule is COC(=O)N1CCc2ccc(NC(=O)c3cn(C)nc3OC)cc2C1. The van der Waals surface area contributed by atoms with Crippen molar-refractivity contribution in [1.82, 2.24) is 14.7 Å². The molecule has 0 saturated carbocycles. The molecule has 3 rings (SSSR count). The average molecular weight is 344 g/mol. The fraction of sp³-hybridized carbons (Fsp3) is 0.353. The summed E-state index contributed by atoms with van der Waals surface area (Å²) in [5, 5.41) is 6.92. The zero-order valence-corrected chi connectivity index (χ0v) is 14.4. The summed E-state index contributed by atoms with van der Waals surface area (Å²) >= 11 is 0. The molecule has 0 spiro atoms. The molecule has 0 radical (unpaired) electrons. The Balaban J connectivity index is 1.78. The third-order valence-corrected chi connectivity index (χ3v) is 4.14. The lowest BCUT2D eigenvalue weighted by atomic mass is 9.99. The normalized spacial score (nSPS) is 13.2. The highest BCUT2D eigenvalue weighted by Gasteiger charge is 2.22. The van der Waals surface area contributed by atoms with Crippen molar-refractivity contribution in [1.29, 1.82) is 0 Å². The highest BCUT2D eigenvalue weighted by molar-refractivity contribution is 6.05. The number of carbonyl (C=O) groups excluding carboxylic acids is 2. The summed E-state index contributed by atoms with van der Waals surface area (Å²) in [5.74, 6) is -0.0274. The molecule has 8 heteroatoms. The molecule has 2 amide bonds. The van der Waals surface area contributed by atoms with E-state index in [1.165, 1.54) is 18.9 Å². The van der Waals surface area contributed by atoms with E-state index in [1.807, 2.05) is 18.2 Å². The van der Waals surface area contributed by atoms with Crippen LogP contribution in [0.15, 0.2) is 24.4 Å². The second-order valence-electron chi connectivity index (χ2n) is 5.80. The Hall–Kier alpha value is -3.03. The van der Waals surface area contributed by atoms with Crippen molar-refractivity contribution in [3.8, 4) is 5.88 Å². The van der Waals surface area contributed by atoms with Crippen LogP contribution in [0.2, 0.25) is 0 Å². The Morgan fingerprint density at radius 2 is 2.04 bits per heavy atom. The predicted octanol–water partition coefficient (Wildman–Crippen LogP) is 1.81. The Morgan fingerprint density at radius 1 is 1.24 bits per heavy atom. The van der Waals surface area contributed by atoms with Crippen molar-refractivity contribution in [2.45, 2.75) is 13.0 Å². The van der Waals surface area contributed by atoms with Gasteiger partial charge in [-0.1, -0.05) is 6.07 Å². The molecule has 25 heavy (non-hydrogen) atoms. The summed E-state index contributed by atoms with van der Waals surface area (Å²) in [4.78, 5) is 25.8. The zero-order valence-electron chi connectivity index (χ0n) is 14.4. The van der Waals surface area contributed by atoms with Crippen molar-refractivity contribution >= 4 is 17.7 Å². The van der Waals surface area contributed by atoms with Gasteiger partial charge < -0.3 is 19.7 Å². The molecule has 2 heterocycles. The number of methoxy groups -OCH3 is 2. The summed E-state index contributed by atoms with van der Waals surface area (Å²) in [6.07, 6.45) is 2.01. The number of benzene rings is 1. The van der Waals surface area contributed by atoms with Crippen LogP contribution in [0.25, 0.3) is 0 Å². The minimum Gasteiger partial charge on any atom is -0.479 e. The summed E-state index contributed by atoms with van der Waals surface area (Å²) in [6, 6.07) is 5.71. The maximum atomic E-state index is 12.5. The van der Waals surface area contributed by atoms with Gasteiger partial charge in [-0.25, -0.2) is 4.79 Å². The topological polar surface area (TPSA) is 85.7 Å². The minimum absolute atomic E-state index is 0.273. The molecule has 0 fully saturated rings. The number of aromatic nitrogens is 2. The molecule has 2 aromatic rings. The van der Waals surface area contributed by atoms with Crippen LogP contribution in [-0.2, 0) is 24.8 Å². The van der Waals surface area contributed by atoms with Crippen LogP contribution < -0.4 is 10.1 Å². The number of nitrogens with zero attached hydrogens (tertiary/aromatic N) is 3. The van der Waals surface area contributed by atoms with E-state index in [1.54, 1.807) is 18.1 Å². The Bertz CT molecular complexity index is 815. The molecular formula is C17H20N4O4. The van der Waals surface area contributed by atoms with Crippen LogP contribution in [0.3, 0.4) is 0 Å². The van der Waals surface area contributed by atoms with Crippen LogP contribution >= 0.6 is 0 Å². The first-order valence-corrected chi connectivity index (χ1v) is 7.85. The van der Waals surface area contributed by atoms with Crippen molar-refractivity contribution in [2.24, 2.45) is 7.05 Å². The van der Waals surface area contributed by atoms with Crippen molar-refractivity contribution in [3.05, 3.63) is 41.1 Å². The van der Waals surface area contributed by atoms with Gasteiger partial charge in [-0.15, -0.1) is 5.10 Å². The molecule has 0 aliphatic carbocycles. The number of ether oxygens (including phenoxy) is 2. The number of carbonyl (C=O) groups is 2. The number of fused-ring (bicyclic) bond motifs is 1. The minimum atomic E-state index is -0.347. The highest BCUT2D eigenvalue weighted by Crippen LogP contribution is 2.24. The maximum Gasteiger partial charge on any atom is 0.409 e. The standard InChI is InChI=1S/C17H20N4O4/c1-20-10-14(16(19-20)24-2)15(22)18-13-5-4-11-6-7-21(17(23)25-3)9-12(11)8-13/h4-5,8,10H,6-7,9H2,1-3H3,(H,18,22). The van der Waals surface area contributed by atoms with E-state index in [4.69, 9.17) is 9.47 Å². The van der Waals surface area contributed by atoms with Crippen LogP contribution in [0.1, 0.15) is 21.5 Å². The number of nitrogens with one attached hydrogen (secondary N) is 1. The van der Waals surface area contributed by atoms with Gasteiger partial charge in [0.2, 0.25) is 5.88 Å². The molecule has 1 N–H and O–H groups in total. The second kappa shape index (κ2) is 6.84. The van der Waals surface area contributed by atoms with E-state index in [2.05, 4.69) is 10.4 Å². The van der Waals surface area contributed by atoms with Gasteiger partial charge in [0.1, 0.15) is 5.56 Å². The quantitative estimate of drug-likeness (QED) is 0.918. The van der Waals surface area contributed by atoms with Gasteiger partial charge in [0, 0.05) is 32.0 Å². The summed E-state index contributed by atoms with van der Waals surface area (Å²) in [5.41, 5.74) is 3.17. The van der Waals surface area contributed by atoms with Crippen LogP contribution in [0.4, 0.5) is 10.5 Å². The molecule has 1 aromatic carbocycles. The first-order chi connectivity index (χ1) is 12.0. The van der Waals surface area contributed by atoms with Crippen molar-refractivity contribution in [3.63, 3.8) is 0 Å². The maximum absolute atomic E-state index is 12.5. The predicted molar refractivity (Wildman–Crippen MR) is 90.7 cm³/mol. The van der Waals surface area contributed by atoms with Gasteiger partial charge in [0.15, 0.2) is 0 Å². The fourth-order valence-electron chi connectivity index (χ4n) is 2.89. The number of hydrogen-bond acceptors (Lipinski definition) is 5. The Morgan fingerprint density at radius 3 is 2.76 bits per heavy atom. The lowest BCUT2D eigenvalue weighted by Crippen LogP contribution is -2.35. The summed E-state index contributed by atoms with van der Waals surface area (Å²) in [6.45, 7) is 1.08. The van der Waals surface area contributed by atoms with E-state index in [0.717, 1.165) is 17.5 Å². The molecular weight excluding hydrogens is 324 g/mol. The van der Waals surface area contributed by atoms with Gasteiger partial charge in [-0.3, -0.25) is 9.48 Å². The molecule has 1 aliphatic heterocycles. The number of hydrogen-bond donors (Lipinski definition) is 1. The van der Waals surface area contributed by atoms with Crippen LogP contribution in [0.5, 0.6) is 5.88 Å². The molecule has 132 valence electrons. The fourth-order valence-corrected chi connectivity index (χ4v) is 2.89. The van der Waals surface area contributed by atoms with Gasteiger partial charge in [-0.05, 0) is 29.7 Å². The first-order valence-electron chi connectivity index (χ1n) is 7.85. The molecule has 1 aliphatic rings. The molecule has 0 atom stereocenters. The number of anilines is 1. The number of amides is 2. The van der Waals surface area contributed by atoms with E-state index in [0.29, 0.717) is 24.3 Å². The average Bonchev–Trinajstić information content (AvgIpc) is 3.01. The zero-order chi connectivity index (χ0) is 18.0. The lowest BCUT2D eigenvalue weighted by molar-refractivity contribution is 0.102. The van der Waals surface area contributed by atoms with Gasteiger partial charge in [0.05, 0.1) is 14.2 Å². The van der Waals surface area contributed by atoms with Crippen molar-refractivity contribution in [2.75, 3.05) is 26.1 Å². The lowest BCUT2D eigenvalue weighted by Gasteiger charge is -2.28. The highest BCUT2D eigenvalue weighted by atomic mass is 16.5. The van der Waals surface area contributed by atoms with Crippen LogP contribution in [0, 0.1) is 0 Å². The first kappa shape index (κ1) is 16.8. The van der Waals surface area contributed by atoms with E-state index < -0.39 is 0 Å². The van der Waals surface area contributed by atoms with Crippen molar-refractivity contribution < 1.29 is 19.1 Å². The third kappa shape index (κ3) is 3.42. The molecule has 0 bridgehead atoms. The largest absolute Gasteiger partial charge is 0.479 e. The van der Waals surface area contributed by atoms with Gasteiger partial charge >= 0.3 is 6.09 Å². The molecule has 8 nitrogen and oxygen atoms in total. The van der Waals surface area contributed by atoms with E-state index >= 15 is 0 Å². The van der Waals surface area contributed by atoms with E-state index in [-0.39, 0.29) is 17.9 Å².